The Bertz CT molecular complexity index is 429. The molecule has 0 aromatic heterocycles. The number of benzene rings is 1. The van der Waals surface area contributed by atoms with Crippen LogP contribution in [0.3, 0.4) is 0 Å². The van der Waals surface area contributed by atoms with Crippen molar-refractivity contribution in [2.75, 3.05) is 0 Å². The summed E-state index contributed by atoms with van der Waals surface area (Å²) in [5.74, 6) is -0.580. The summed E-state index contributed by atoms with van der Waals surface area (Å²) in [7, 11) is 0. The lowest BCUT2D eigenvalue weighted by Gasteiger charge is -2.03. The summed E-state index contributed by atoms with van der Waals surface area (Å²) in [6.45, 7) is 5.19. The summed E-state index contributed by atoms with van der Waals surface area (Å²) in [5.41, 5.74) is 1.84. The van der Waals surface area contributed by atoms with E-state index >= 15 is 0 Å². The smallest absolute Gasteiger partial charge is 0.300 e. The van der Waals surface area contributed by atoms with E-state index < -0.39 is 5.97 Å². The number of hydrogen-bond donors (Lipinski definition) is 2. The second kappa shape index (κ2) is 9.76. The molecule has 2 N–H and O–H groups in total. The topological polar surface area (TPSA) is 66.8 Å². The molecule has 0 spiro atoms. The fourth-order valence-corrected chi connectivity index (χ4v) is 1.13. The summed E-state index contributed by atoms with van der Waals surface area (Å²) in [5, 5.41) is 16.8. The Balaban J connectivity index is 0.000000711. The molecule has 4 heteroatoms. The third-order valence-corrected chi connectivity index (χ3v) is 2.03. The number of hydrogen-bond acceptors (Lipinski definition) is 3. The van der Waals surface area contributed by atoms with Crippen LogP contribution in [0.25, 0.3) is 0 Å². The SMILES string of the molecule is CC(=O)O.CC=C(O)C(C)=COCc1ccccc1. The van der Waals surface area contributed by atoms with Gasteiger partial charge in [0.15, 0.2) is 0 Å². The minimum absolute atomic E-state index is 0.253. The van der Waals surface area contributed by atoms with Gasteiger partial charge in [-0.1, -0.05) is 30.3 Å². The van der Waals surface area contributed by atoms with Crippen LogP contribution in [0.2, 0.25) is 0 Å². The van der Waals surface area contributed by atoms with Gasteiger partial charge in [0, 0.05) is 12.5 Å². The van der Waals surface area contributed by atoms with E-state index in [-0.39, 0.29) is 5.76 Å². The number of aliphatic hydroxyl groups is 1. The van der Waals surface area contributed by atoms with Crippen LogP contribution in [0.4, 0.5) is 0 Å². The summed E-state index contributed by atoms with van der Waals surface area (Å²) in [4.78, 5) is 9.00. The van der Waals surface area contributed by atoms with Crippen molar-refractivity contribution in [3.8, 4) is 0 Å². The molecule has 0 aliphatic rings. The average Bonchev–Trinajstić information content (AvgIpc) is 2.38. The van der Waals surface area contributed by atoms with E-state index in [1.165, 1.54) is 0 Å². The molecule has 0 unspecified atom stereocenters. The molecule has 0 aliphatic carbocycles. The van der Waals surface area contributed by atoms with Crippen LogP contribution in [-0.4, -0.2) is 16.2 Å². The molecule has 104 valence electrons. The van der Waals surface area contributed by atoms with Crippen LogP contribution in [0, 0.1) is 0 Å². The van der Waals surface area contributed by atoms with Crippen LogP contribution in [0.1, 0.15) is 26.3 Å². The maximum Gasteiger partial charge on any atom is 0.300 e. The Morgan fingerprint density at radius 3 is 2.21 bits per heavy atom. The zero-order chi connectivity index (χ0) is 14.7. The molecule has 1 aromatic carbocycles. The van der Waals surface area contributed by atoms with Gasteiger partial charge in [0.1, 0.15) is 12.4 Å². The minimum atomic E-state index is -0.833. The number of carboxylic acid groups (broad SMARTS) is 1. The van der Waals surface area contributed by atoms with Gasteiger partial charge in [0.25, 0.3) is 5.97 Å². The molecule has 1 aromatic rings. The molecule has 0 amide bonds. The highest BCUT2D eigenvalue weighted by atomic mass is 16.5. The Hall–Kier alpha value is -2.23. The second-order valence-corrected chi connectivity index (χ2v) is 3.79. The van der Waals surface area contributed by atoms with E-state index in [0.717, 1.165) is 18.1 Å². The van der Waals surface area contributed by atoms with Gasteiger partial charge in [-0.05, 0) is 25.5 Å². The molecule has 19 heavy (non-hydrogen) atoms. The molecule has 4 nitrogen and oxygen atoms in total. The van der Waals surface area contributed by atoms with Crippen LogP contribution < -0.4 is 0 Å². The van der Waals surface area contributed by atoms with E-state index in [9.17, 15) is 5.11 Å². The third kappa shape index (κ3) is 9.47. The molecular weight excluding hydrogens is 244 g/mol. The average molecular weight is 264 g/mol. The quantitative estimate of drug-likeness (QED) is 0.643. The highest BCUT2D eigenvalue weighted by molar-refractivity contribution is 5.62. The molecule has 1 rings (SSSR count). The second-order valence-electron chi connectivity index (χ2n) is 3.79. The summed E-state index contributed by atoms with van der Waals surface area (Å²) >= 11 is 0. The van der Waals surface area contributed by atoms with E-state index in [1.54, 1.807) is 26.2 Å². The first kappa shape index (κ1) is 16.8. The Morgan fingerprint density at radius 1 is 1.21 bits per heavy atom. The Labute approximate surface area is 113 Å². The molecule has 0 aliphatic heterocycles. The minimum Gasteiger partial charge on any atom is -0.508 e. The summed E-state index contributed by atoms with van der Waals surface area (Å²) in [6.07, 6.45) is 3.21. The Morgan fingerprint density at radius 2 is 1.74 bits per heavy atom. The fraction of sp³-hybridized carbons (Fsp3) is 0.267. The number of carbonyl (C=O) groups is 1. The zero-order valence-electron chi connectivity index (χ0n) is 11.5. The molecule has 0 bridgehead atoms. The van der Waals surface area contributed by atoms with Crippen LogP contribution in [0.15, 0.2) is 54.0 Å². The van der Waals surface area contributed by atoms with Crippen LogP contribution in [-0.2, 0) is 16.1 Å². The van der Waals surface area contributed by atoms with Crippen molar-refractivity contribution in [3.05, 3.63) is 59.6 Å². The molecule has 0 heterocycles. The first-order chi connectivity index (χ1) is 8.97. The van der Waals surface area contributed by atoms with E-state index in [4.69, 9.17) is 14.6 Å². The fourth-order valence-electron chi connectivity index (χ4n) is 1.13. The number of allylic oxidation sites excluding steroid dienone is 2. The first-order valence-electron chi connectivity index (χ1n) is 5.84. The zero-order valence-corrected chi connectivity index (χ0v) is 11.5. The number of carboxylic acids is 1. The first-order valence-corrected chi connectivity index (χ1v) is 5.84. The van der Waals surface area contributed by atoms with Crippen molar-refractivity contribution in [3.63, 3.8) is 0 Å². The van der Waals surface area contributed by atoms with E-state index in [1.807, 2.05) is 30.3 Å². The Kier molecular flexibility index (Phi) is 8.62. The lowest BCUT2D eigenvalue weighted by molar-refractivity contribution is -0.134. The van der Waals surface area contributed by atoms with Gasteiger partial charge in [0.2, 0.25) is 0 Å². The molecule has 0 radical (unpaired) electrons. The number of aliphatic hydroxyl groups excluding tert-OH is 1. The largest absolute Gasteiger partial charge is 0.508 e. The molecular formula is C15H20O4. The number of aliphatic carboxylic acids is 1. The predicted molar refractivity (Wildman–Crippen MR) is 74.7 cm³/mol. The molecule has 0 saturated heterocycles. The predicted octanol–water partition coefficient (Wildman–Crippen LogP) is 3.66. The standard InChI is InChI=1S/C13H16O2.C2H4O2/c1-3-13(14)11(2)9-15-10-12-7-5-4-6-8-12;1-2(3)4/h3-9,14H,10H2,1-2H3;1H3,(H,3,4). The molecule has 0 saturated carbocycles. The van der Waals surface area contributed by atoms with Gasteiger partial charge < -0.3 is 14.9 Å². The highest BCUT2D eigenvalue weighted by Crippen LogP contribution is 2.07. The van der Waals surface area contributed by atoms with Gasteiger partial charge in [-0.3, -0.25) is 4.79 Å². The van der Waals surface area contributed by atoms with Gasteiger partial charge in [-0.25, -0.2) is 0 Å². The lowest BCUT2D eigenvalue weighted by Crippen LogP contribution is -1.89. The van der Waals surface area contributed by atoms with Crippen LogP contribution in [0.5, 0.6) is 0 Å². The van der Waals surface area contributed by atoms with Crippen molar-refractivity contribution in [2.45, 2.75) is 27.4 Å². The molecule has 0 atom stereocenters. The van der Waals surface area contributed by atoms with E-state index in [2.05, 4.69) is 0 Å². The van der Waals surface area contributed by atoms with E-state index in [0.29, 0.717) is 6.61 Å². The monoisotopic (exact) mass is 264 g/mol. The molecule has 0 fully saturated rings. The van der Waals surface area contributed by atoms with Gasteiger partial charge in [0.05, 0.1) is 6.26 Å². The highest BCUT2D eigenvalue weighted by Gasteiger charge is 1.94. The van der Waals surface area contributed by atoms with Crippen molar-refractivity contribution in [1.82, 2.24) is 0 Å². The van der Waals surface area contributed by atoms with Crippen molar-refractivity contribution >= 4 is 5.97 Å². The normalized spacial score (nSPS) is 11.3. The van der Waals surface area contributed by atoms with Gasteiger partial charge >= 0.3 is 0 Å². The maximum atomic E-state index is 9.34. The number of rotatable bonds is 4. The maximum absolute atomic E-state index is 9.34. The number of ether oxygens (including phenoxy) is 1. The summed E-state index contributed by atoms with van der Waals surface area (Å²) < 4.78 is 5.34. The lowest BCUT2D eigenvalue weighted by atomic mass is 10.2. The van der Waals surface area contributed by atoms with Gasteiger partial charge in [-0.2, -0.15) is 0 Å². The van der Waals surface area contributed by atoms with Crippen molar-refractivity contribution < 1.29 is 19.7 Å². The van der Waals surface area contributed by atoms with Crippen molar-refractivity contribution in [2.24, 2.45) is 0 Å². The van der Waals surface area contributed by atoms with Crippen molar-refractivity contribution in [1.29, 1.82) is 0 Å². The summed E-state index contributed by atoms with van der Waals surface area (Å²) in [6, 6.07) is 9.91. The third-order valence-electron chi connectivity index (χ3n) is 2.03. The van der Waals surface area contributed by atoms with Crippen LogP contribution >= 0.6 is 0 Å². The van der Waals surface area contributed by atoms with Gasteiger partial charge in [-0.15, -0.1) is 0 Å².